The molecule has 0 saturated carbocycles. The van der Waals surface area contributed by atoms with Gasteiger partial charge in [-0.15, -0.1) is 24.8 Å². The summed E-state index contributed by atoms with van der Waals surface area (Å²) in [5.74, 6) is 0.0800. The highest BCUT2D eigenvalue weighted by atomic mass is 79.9. The Morgan fingerprint density at radius 2 is 1.87 bits per heavy atom. The van der Waals surface area contributed by atoms with Crippen molar-refractivity contribution < 1.29 is 4.79 Å². The van der Waals surface area contributed by atoms with Crippen molar-refractivity contribution in [2.24, 2.45) is 5.73 Å². The van der Waals surface area contributed by atoms with Gasteiger partial charge < -0.3 is 11.1 Å². The summed E-state index contributed by atoms with van der Waals surface area (Å²) in [6.07, 6.45) is 2.45. The zero-order valence-corrected chi connectivity index (χ0v) is 16.6. The first-order valence-corrected chi connectivity index (χ1v) is 8.34. The van der Waals surface area contributed by atoms with Gasteiger partial charge in [-0.05, 0) is 37.5 Å². The molecule has 1 aliphatic rings. The first kappa shape index (κ1) is 22.7. The molecule has 132 valence electrons. The average Bonchev–Trinajstić information content (AvgIpc) is 2.42. The van der Waals surface area contributed by atoms with Gasteiger partial charge in [0.25, 0.3) is 0 Å². The molecule has 1 amide bonds. The van der Waals surface area contributed by atoms with Crippen LogP contribution in [0.2, 0.25) is 0 Å². The van der Waals surface area contributed by atoms with Crippen molar-refractivity contribution in [3.63, 3.8) is 0 Å². The van der Waals surface area contributed by atoms with Gasteiger partial charge in [-0.1, -0.05) is 28.1 Å². The van der Waals surface area contributed by atoms with E-state index in [1.54, 1.807) is 0 Å². The number of carbonyl (C=O) groups excluding carboxylic acids is 1. The van der Waals surface area contributed by atoms with Crippen LogP contribution in [0.15, 0.2) is 28.7 Å². The molecule has 0 spiro atoms. The number of piperidine rings is 1. The Labute approximate surface area is 159 Å². The fourth-order valence-corrected chi connectivity index (χ4v) is 2.93. The third-order valence-corrected chi connectivity index (χ3v) is 4.31. The summed E-state index contributed by atoms with van der Waals surface area (Å²) in [7, 11) is 0. The van der Waals surface area contributed by atoms with Gasteiger partial charge in [0.15, 0.2) is 0 Å². The fraction of sp³-hybridized carbons (Fsp3) is 0.562. The predicted molar refractivity (Wildman–Crippen MR) is 103 cm³/mol. The van der Waals surface area contributed by atoms with Crippen LogP contribution in [0.1, 0.15) is 31.7 Å². The van der Waals surface area contributed by atoms with Crippen LogP contribution in [-0.4, -0.2) is 36.0 Å². The fourth-order valence-electron chi connectivity index (χ4n) is 2.66. The van der Waals surface area contributed by atoms with E-state index in [1.807, 2.05) is 6.92 Å². The molecule has 1 unspecified atom stereocenters. The van der Waals surface area contributed by atoms with E-state index < -0.39 is 0 Å². The maximum atomic E-state index is 11.7. The highest BCUT2D eigenvalue weighted by molar-refractivity contribution is 9.10. The van der Waals surface area contributed by atoms with E-state index >= 15 is 0 Å². The van der Waals surface area contributed by atoms with E-state index in [4.69, 9.17) is 5.73 Å². The molecular formula is C16H26BrCl2N3O. The number of nitrogens with one attached hydrogen (secondary N) is 1. The lowest BCUT2D eigenvalue weighted by atomic mass is 10.0. The second-order valence-corrected chi connectivity index (χ2v) is 6.84. The second-order valence-electron chi connectivity index (χ2n) is 5.93. The standard InChI is InChI=1S/C16H24BrN3O.2ClH/c1-12(18)10-16(21)19-15-6-8-20(9-7-15)11-13-2-4-14(17)5-3-13;;/h2-5,12,15H,6-11,18H2,1H3,(H,19,21);2*1H. The van der Waals surface area contributed by atoms with E-state index in [1.165, 1.54) is 5.56 Å². The molecule has 0 aromatic heterocycles. The predicted octanol–water partition coefficient (Wildman–Crippen LogP) is 3.11. The number of hydrogen-bond acceptors (Lipinski definition) is 3. The molecule has 1 fully saturated rings. The molecule has 3 N–H and O–H groups in total. The first-order valence-electron chi connectivity index (χ1n) is 7.54. The van der Waals surface area contributed by atoms with Crippen molar-refractivity contribution >= 4 is 46.7 Å². The van der Waals surface area contributed by atoms with Crippen LogP contribution in [0.3, 0.4) is 0 Å². The molecule has 0 bridgehead atoms. The Hall–Kier alpha value is -0.330. The van der Waals surface area contributed by atoms with Gasteiger partial charge in [-0.25, -0.2) is 0 Å². The second kappa shape index (κ2) is 11.3. The third-order valence-electron chi connectivity index (χ3n) is 3.78. The van der Waals surface area contributed by atoms with Crippen LogP contribution in [0.25, 0.3) is 0 Å². The molecule has 1 saturated heterocycles. The molecule has 1 aromatic carbocycles. The Morgan fingerprint density at radius 1 is 1.30 bits per heavy atom. The number of nitrogens with zero attached hydrogens (tertiary/aromatic N) is 1. The van der Waals surface area contributed by atoms with Gasteiger partial charge in [0.05, 0.1) is 0 Å². The molecule has 7 heteroatoms. The quantitative estimate of drug-likeness (QED) is 0.760. The number of likely N-dealkylation sites (tertiary alicyclic amines) is 1. The normalized spacial score (nSPS) is 16.8. The lowest BCUT2D eigenvalue weighted by Gasteiger charge is -2.32. The molecule has 23 heavy (non-hydrogen) atoms. The Kier molecular flexibility index (Phi) is 11.1. The number of nitrogens with two attached hydrogens (primary N) is 1. The molecular weight excluding hydrogens is 401 g/mol. The Bertz CT molecular complexity index is 463. The summed E-state index contributed by atoms with van der Waals surface area (Å²) in [5, 5.41) is 3.09. The number of halogens is 3. The van der Waals surface area contributed by atoms with Gasteiger partial charge in [-0.3, -0.25) is 9.69 Å². The van der Waals surface area contributed by atoms with Crippen LogP contribution < -0.4 is 11.1 Å². The number of benzene rings is 1. The monoisotopic (exact) mass is 425 g/mol. The van der Waals surface area contributed by atoms with Gasteiger partial charge in [0.1, 0.15) is 0 Å². The first-order chi connectivity index (χ1) is 10.0. The zero-order valence-electron chi connectivity index (χ0n) is 13.3. The van der Waals surface area contributed by atoms with E-state index in [-0.39, 0.29) is 36.8 Å². The summed E-state index contributed by atoms with van der Waals surface area (Å²) in [6, 6.07) is 8.70. The van der Waals surface area contributed by atoms with Crippen molar-refractivity contribution in [3.8, 4) is 0 Å². The Balaban J connectivity index is 0.00000242. The number of rotatable bonds is 5. The molecule has 1 aromatic rings. The van der Waals surface area contributed by atoms with Crippen LogP contribution in [0.5, 0.6) is 0 Å². The summed E-state index contributed by atoms with van der Waals surface area (Å²) >= 11 is 3.46. The van der Waals surface area contributed by atoms with Gasteiger partial charge in [0, 0.05) is 42.6 Å². The molecule has 1 atom stereocenters. The van der Waals surface area contributed by atoms with E-state index in [2.05, 4.69) is 50.4 Å². The van der Waals surface area contributed by atoms with Gasteiger partial charge in [-0.2, -0.15) is 0 Å². The smallest absolute Gasteiger partial charge is 0.221 e. The van der Waals surface area contributed by atoms with E-state index in [0.717, 1.165) is 36.9 Å². The maximum absolute atomic E-state index is 11.7. The minimum absolute atomic E-state index is 0. The lowest BCUT2D eigenvalue weighted by molar-refractivity contribution is -0.122. The summed E-state index contributed by atoms with van der Waals surface area (Å²) in [4.78, 5) is 14.2. The van der Waals surface area contributed by atoms with Crippen molar-refractivity contribution in [2.45, 2.75) is 44.8 Å². The molecule has 0 aliphatic carbocycles. The van der Waals surface area contributed by atoms with Crippen molar-refractivity contribution in [2.75, 3.05) is 13.1 Å². The lowest BCUT2D eigenvalue weighted by Crippen LogP contribution is -2.45. The van der Waals surface area contributed by atoms with E-state index in [9.17, 15) is 4.79 Å². The molecule has 2 rings (SSSR count). The summed E-state index contributed by atoms with van der Waals surface area (Å²) in [6.45, 7) is 4.90. The zero-order chi connectivity index (χ0) is 15.2. The number of amides is 1. The van der Waals surface area contributed by atoms with Gasteiger partial charge in [0.2, 0.25) is 5.91 Å². The van der Waals surface area contributed by atoms with Crippen molar-refractivity contribution in [1.29, 1.82) is 0 Å². The minimum Gasteiger partial charge on any atom is -0.353 e. The SMILES string of the molecule is CC(N)CC(=O)NC1CCN(Cc2ccc(Br)cc2)CC1.Cl.Cl. The third kappa shape index (κ3) is 8.36. The molecule has 1 heterocycles. The van der Waals surface area contributed by atoms with Gasteiger partial charge >= 0.3 is 0 Å². The largest absolute Gasteiger partial charge is 0.353 e. The van der Waals surface area contributed by atoms with Crippen LogP contribution in [0.4, 0.5) is 0 Å². The number of hydrogen-bond donors (Lipinski definition) is 2. The number of carbonyl (C=O) groups is 1. The summed E-state index contributed by atoms with van der Waals surface area (Å²) < 4.78 is 1.11. The van der Waals surface area contributed by atoms with Crippen molar-refractivity contribution in [1.82, 2.24) is 10.2 Å². The summed E-state index contributed by atoms with van der Waals surface area (Å²) in [5.41, 5.74) is 6.98. The van der Waals surface area contributed by atoms with E-state index in [0.29, 0.717) is 12.5 Å². The van der Waals surface area contributed by atoms with Crippen LogP contribution in [0, 0.1) is 0 Å². The van der Waals surface area contributed by atoms with Crippen molar-refractivity contribution in [3.05, 3.63) is 34.3 Å². The molecule has 0 radical (unpaired) electrons. The minimum atomic E-state index is -0.0671. The van der Waals surface area contributed by atoms with Crippen LogP contribution >= 0.6 is 40.7 Å². The highest BCUT2D eigenvalue weighted by Crippen LogP contribution is 2.16. The average molecular weight is 427 g/mol. The Morgan fingerprint density at radius 3 is 2.39 bits per heavy atom. The van der Waals surface area contributed by atoms with Crippen LogP contribution in [-0.2, 0) is 11.3 Å². The highest BCUT2D eigenvalue weighted by Gasteiger charge is 2.20. The maximum Gasteiger partial charge on any atom is 0.221 e. The topological polar surface area (TPSA) is 58.4 Å². The molecule has 1 aliphatic heterocycles. The molecule has 4 nitrogen and oxygen atoms in total.